The topological polar surface area (TPSA) is 115 Å². The van der Waals surface area contributed by atoms with Crippen LogP contribution in [0.4, 0.5) is 0 Å². The molecule has 2 aromatic rings. The summed E-state index contributed by atoms with van der Waals surface area (Å²) in [7, 11) is 0. The molecule has 0 atom stereocenters. The van der Waals surface area contributed by atoms with Gasteiger partial charge >= 0.3 is 0 Å². The number of benzene rings is 2. The number of rotatable bonds is 2. The van der Waals surface area contributed by atoms with E-state index in [1.165, 1.54) is 0 Å². The van der Waals surface area contributed by atoms with Gasteiger partial charge in [-0.15, -0.1) is 0 Å². The number of halogens is 1. The minimum absolute atomic E-state index is 0.0725. The SMILES string of the molecule is CC(=O)O.CC(=O)O.CC=CCc1c(Br)c(O)c(O)c2ccccc12. The molecule has 0 spiro atoms. The summed E-state index contributed by atoms with van der Waals surface area (Å²) in [6.07, 6.45) is 4.69. The normalized spacial score (nSPS) is 9.76. The van der Waals surface area contributed by atoms with Crippen molar-refractivity contribution >= 4 is 38.6 Å². The molecule has 0 saturated carbocycles. The Morgan fingerprint density at radius 2 is 1.44 bits per heavy atom. The van der Waals surface area contributed by atoms with Crippen LogP contribution >= 0.6 is 15.9 Å². The Morgan fingerprint density at radius 3 is 1.88 bits per heavy atom. The fourth-order valence-electron chi connectivity index (χ4n) is 1.88. The van der Waals surface area contributed by atoms with Crippen LogP contribution in [-0.4, -0.2) is 32.4 Å². The largest absolute Gasteiger partial charge is 0.504 e. The number of aromatic hydroxyl groups is 2. The smallest absolute Gasteiger partial charge is 0.300 e. The quantitative estimate of drug-likeness (QED) is 0.431. The van der Waals surface area contributed by atoms with Crippen molar-refractivity contribution in [3.8, 4) is 11.5 Å². The molecule has 0 aliphatic carbocycles. The third-order valence-electron chi connectivity index (χ3n) is 2.76. The second kappa shape index (κ2) is 11.1. The number of allylic oxidation sites excluding steroid dienone is 2. The third-order valence-corrected chi connectivity index (χ3v) is 3.62. The van der Waals surface area contributed by atoms with Crippen molar-refractivity contribution in [1.82, 2.24) is 0 Å². The van der Waals surface area contributed by atoms with Gasteiger partial charge in [0.15, 0.2) is 11.5 Å². The maximum atomic E-state index is 9.89. The summed E-state index contributed by atoms with van der Waals surface area (Å²) >= 11 is 3.34. The zero-order valence-electron chi connectivity index (χ0n) is 14.2. The Hall–Kier alpha value is -2.54. The second-order valence-electron chi connectivity index (χ2n) is 4.85. The highest BCUT2D eigenvalue weighted by Gasteiger charge is 2.15. The van der Waals surface area contributed by atoms with E-state index in [9.17, 15) is 10.2 Å². The Morgan fingerprint density at radius 1 is 1.00 bits per heavy atom. The van der Waals surface area contributed by atoms with Crippen LogP contribution in [0.3, 0.4) is 0 Å². The molecule has 0 unspecified atom stereocenters. The van der Waals surface area contributed by atoms with Gasteiger partial charge in [0.05, 0.1) is 4.47 Å². The van der Waals surface area contributed by atoms with Gasteiger partial charge in [0.2, 0.25) is 0 Å². The van der Waals surface area contributed by atoms with Gasteiger partial charge in [-0.3, -0.25) is 9.59 Å². The van der Waals surface area contributed by atoms with E-state index in [0.717, 1.165) is 24.8 Å². The van der Waals surface area contributed by atoms with Gasteiger partial charge in [-0.1, -0.05) is 36.4 Å². The number of carbonyl (C=O) groups is 2. The number of fused-ring (bicyclic) bond motifs is 1. The number of phenolic OH excluding ortho intramolecular Hbond substituents is 2. The Bertz CT molecular complexity index is 748. The molecule has 0 bridgehead atoms. The first-order valence-corrected chi connectivity index (χ1v) is 8.03. The predicted octanol–water partition coefficient (Wildman–Crippen LogP) is 4.31. The zero-order chi connectivity index (χ0) is 19.6. The van der Waals surface area contributed by atoms with Gasteiger partial charge in [0.25, 0.3) is 11.9 Å². The maximum Gasteiger partial charge on any atom is 0.300 e. The third kappa shape index (κ3) is 7.71. The molecule has 2 rings (SSSR count). The lowest BCUT2D eigenvalue weighted by atomic mass is 10.0. The number of hydrogen-bond donors (Lipinski definition) is 4. The van der Waals surface area contributed by atoms with Crippen molar-refractivity contribution in [2.75, 3.05) is 0 Å². The van der Waals surface area contributed by atoms with Crippen LogP contribution in [0.1, 0.15) is 26.3 Å². The number of aliphatic carboxylic acids is 2. The molecular formula is C18H21BrO6. The molecule has 7 heteroatoms. The van der Waals surface area contributed by atoms with Crippen LogP contribution in [0, 0.1) is 0 Å². The first-order valence-electron chi connectivity index (χ1n) is 7.24. The highest BCUT2D eigenvalue weighted by molar-refractivity contribution is 9.10. The minimum atomic E-state index is -0.833. The molecule has 0 aromatic heterocycles. The van der Waals surface area contributed by atoms with E-state index in [0.29, 0.717) is 16.3 Å². The average molecular weight is 413 g/mol. The highest BCUT2D eigenvalue weighted by atomic mass is 79.9. The zero-order valence-corrected chi connectivity index (χ0v) is 15.7. The van der Waals surface area contributed by atoms with Crippen molar-refractivity contribution < 1.29 is 30.0 Å². The monoisotopic (exact) mass is 412 g/mol. The van der Waals surface area contributed by atoms with Crippen LogP contribution in [-0.2, 0) is 16.0 Å². The molecule has 0 radical (unpaired) electrons. The summed E-state index contributed by atoms with van der Waals surface area (Å²) in [6, 6.07) is 7.51. The van der Waals surface area contributed by atoms with Crippen molar-refractivity contribution in [2.24, 2.45) is 0 Å². The van der Waals surface area contributed by atoms with E-state index >= 15 is 0 Å². The predicted molar refractivity (Wildman–Crippen MR) is 100 cm³/mol. The summed E-state index contributed by atoms with van der Waals surface area (Å²) in [4.78, 5) is 18.0. The highest BCUT2D eigenvalue weighted by Crippen LogP contribution is 2.43. The van der Waals surface area contributed by atoms with Crippen LogP contribution in [0.2, 0.25) is 0 Å². The van der Waals surface area contributed by atoms with E-state index in [-0.39, 0.29) is 11.5 Å². The van der Waals surface area contributed by atoms with Gasteiger partial charge in [0.1, 0.15) is 0 Å². The number of phenols is 2. The van der Waals surface area contributed by atoms with Crippen molar-refractivity contribution in [2.45, 2.75) is 27.2 Å². The number of hydrogen-bond acceptors (Lipinski definition) is 4. The summed E-state index contributed by atoms with van der Waals surface area (Å²) in [5.74, 6) is -1.83. The second-order valence-corrected chi connectivity index (χ2v) is 5.64. The molecular weight excluding hydrogens is 392 g/mol. The fourth-order valence-corrected chi connectivity index (χ4v) is 2.44. The Balaban J connectivity index is 0.000000609. The standard InChI is InChI=1S/C14H13BrO2.2C2H4O2/c1-2-3-6-10-9-7-4-5-8-11(9)13(16)14(17)12(10)15;2*1-2(3)4/h2-5,7-8,16-17H,6H2,1H3;2*1H3,(H,3,4). The maximum absolute atomic E-state index is 9.89. The molecule has 0 amide bonds. The number of carboxylic acid groups (broad SMARTS) is 2. The lowest BCUT2D eigenvalue weighted by Gasteiger charge is -2.11. The van der Waals surface area contributed by atoms with Crippen molar-refractivity contribution in [3.63, 3.8) is 0 Å². The van der Waals surface area contributed by atoms with Gasteiger partial charge in [-0.2, -0.15) is 0 Å². The molecule has 0 aliphatic heterocycles. The van der Waals surface area contributed by atoms with Crippen molar-refractivity contribution in [1.29, 1.82) is 0 Å². The summed E-state index contributed by atoms with van der Waals surface area (Å²) in [6.45, 7) is 4.12. The van der Waals surface area contributed by atoms with Crippen LogP contribution in [0.15, 0.2) is 40.9 Å². The van der Waals surface area contributed by atoms with Gasteiger partial charge in [-0.05, 0) is 40.2 Å². The molecule has 136 valence electrons. The average Bonchev–Trinajstić information content (AvgIpc) is 2.52. The molecule has 0 saturated heterocycles. The summed E-state index contributed by atoms with van der Waals surface area (Å²) in [5.41, 5.74) is 0.981. The lowest BCUT2D eigenvalue weighted by Crippen LogP contribution is -1.89. The first-order chi connectivity index (χ1) is 11.6. The Kier molecular flexibility index (Phi) is 9.96. The molecule has 2 aromatic carbocycles. The summed E-state index contributed by atoms with van der Waals surface area (Å²) < 4.78 is 0.562. The van der Waals surface area contributed by atoms with E-state index in [1.807, 2.05) is 37.3 Å². The minimum Gasteiger partial charge on any atom is -0.504 e. The van der Waals surface area contributed by atoms with E-state index in [1.54, 1.807) is 6.07 Å². The van der Waals surface area contributed by atoms with Gasteiger partial charge in [0, 0.05) is 19.2 Å². The molecule has 0 fully saturated rings. The molecule has 0 heterocycles. The molecule has 25 heavy (non-hydrogen) atoms. The van der Waals surface area contributed by atoms with Crippen LogP contribution in [0.25, 0.3) is 10.8 Å². The van der Waals surface area contributed by atoms with Gasteiger partial charge < -0.3 is 20.4 Å². The van der Waals surface area contributed by atoms with E-state index in [4.69, 9.17) is 19.8 Å². The molecule has 4 N–H and O–H groups in total. The molecule has 0 aliphatic rings. The van der Waals surface area contributed by atoms with E-state index < -0.39 is 11.9 Å². The number of carboxylic acids is 2. The summed E-state index contributed by atoms with van der Waals surface area (Å²) in [5, 5.41) is 36.2. The van der Waals surface area contributed by atoms with Crippen LogP contribution in [0.5, 0.6) is 11.5 Å². The fraction of sp³-hybridized carbons (Fsp3) is 0.222. The van der Waals surface area contributed by atoms with E-state index in [2.05, 4.69) is 15.9 Å². The Labute approximate surface area is 154 Å². The lowest BCUT2D eigenvalue weighted by molar-refractivity contribution is -0.135. The van der Waals surface area contributed by atoms with Gasteiger partial charge in [-0.25, -0.2) is 0 Å². The first kappa shape index (κ1) is 22.5. The van der Waals surface area contributed by atoms with Crippen molar-refractivity contribution in [3.05, 3.63) is 46.5 Å². The molecule has 6 nitrogen and oxygen atoms in total. The van der Waals surface area contributed by atoms with Crippen LogP contribution < -0.4 is 0 Å².